The highest BCUT2D eigenvalue weighted by molar-refractivity contribution is 8.00. The lowest BCUT2D eigenvalue weighted by Gasteiger charge is -2.13. The zero-order chi connectivity index (χ0) is 17.8. The normalized spacial score (nSPS) is 11.9. The number of nitro groups is 1. The molecule has 6 nitrogen and oxygen atoms in total. The molecule has 1 amide bonds. The van der Waals surface area contributed by atoms with Crippen LogP contribution < -0.4 is 5.32 Å². The van der Waals surface area contributed by atoms with E-state index >= 15 is 0 Å². The molecular formula is C18H15N3O3S. The van der Waals surface area contributed by atoms with Gasteiger partial charge >= 0.3 is 0 Å². The molecule has 1 heterocycles. The summed E-state index contributed by atoms with van der Waals surface area (Å²) in [5.41, 5.74) is 1.20. The van der Waals surface area contributed by atoms with Crippen molar-refractivity contribution in [3.8, 4) is 0 Å². The summed E-state index contributed by atoms with van der Waals surface area (Å²) in [7, 11) is 0. The van der Waals surface area contributed by atoms with Crippen molar-refractivity contribution < 1.29 is 9.72 Å². The standard InChI is InChI=1S/C18H15N3O3S/c1-12(18(22)20-14-7-3-8-15(11-14)21(23)24)25-16-9-2-5-13-6-4-10-19-17(13)16/h2-12H,1H3,(H,20,22). The molecule has 0 fully saturated rings. The van der Waals surface area contributed by atoms with Crippen LogP contribution in [0.1, 0.15) is 6.92 Å². The predicted molar refractivity (Wildman–Crippen MR) is 98.8 cm³/mol. The first-order valence-electron chi connectivity index (χ1n) is 7.60. The van der Waals surface area contributed by atoms with Crippen molar-refractivity contribution >= 4 is 39.9 Å². The second-order valence-electron chi connectivity index (χ2n) is 5.39. The van der Waals surface area contributed by atoms with Gasteiger partial charge in [0.25, 0.3) is 5.69 Å². The minimum Gasteiger partial charge on any atom is -0.325 e. The van der Waals surface area contributed by atoms with E-state index in [0.717, 1.165) is 15.8 Å². The van der Waals surface area contributed by atoms with Gasteiger partial charge in [0.1, 0.15) is 0 Å². The molecule has 1 atom stereocenters. The Morgan fingerprint density at radius 3 is 2.76 bits per heavy atom. The van der Waals surface area contributed by atoms with Gasteiger partial charge in [0.15, 0.2) is 0 Å². The summed E-state index contributed by atoms with van der Waals surface area (Å²) in [6.45, 7) is 1.79. The first-order valence-corrected chi connectivity index (χ1v) is 8.48. The molecule has 1 N–H and O–H groups in total. The Bertz CT molecular complexity index is 940. The molecule has 3 aromatic rings. The number of fused-ring (bicyclic) bond motifs is 1. The van der Waals surface area contributed by atoms with E-state index < -0.39 is 4.92 Å². The monoisotopic (exact) mass is 353 g/mol. The SMILES string of the molecule is CC(Sc1cccc2cccnc12)C(=O)Nc1cccc([N+](=O)[O-])c1. The number of pyridine rings is 1. The molecule has 0 radical (unpaired) electrons. The van der Waals surface area contributed by atoms with Crippen molar-refractivity contribution in [3.63, 3.8) is 0 Å². The Labute approximate surface area is 148 Å². The number of para-hydroxylation sites is 1. The van der Waals surface area contributed by atoms with Crippen LogP contribution in [0.15, 0.2) is 65.7 Å². The highest BCUT2D eigenvalue weighted by atomic mass is 32.2. The van der Waals surface area contributed by atoms with Gasteiger partial charge in [0.2, 0.25) is 5.91 Å². The van der Waals surface area contributed by atoms with Crippen molar-refractivity contribution in [2.45, 2.75) is 17.1 Å². The number of benzene rings is 2. The average molecular weight is 353 g/mol. The summed E-state index contributed by atoms with van der Waals surface area (Å²) in [6, 6.07) is 15.6. The maximum Gasteiger partial charge on any atom is 0.271 e. The lowest BCUT2D eigenvalue weighted by molar-refractivity contribution is -0.384. The average Bonchev–Trinajstić information content (AvgIpc) is 2.62. The number of anilines is 1. The second kappa shape index (κ2) is 7.31. The number of carbonyl (C=O) groups is 1. The van der Waals surface area contributed by atoms with E-state index in [1.54, 1.807) is 25.3 Å². The van der Waals surface area contributed by atoms with Crippen LogP contribution in [-0.2, 0) is 4.79 Å². The van der Waals surface area contributed by atoms with E-state index in [9.17, 15) is 14.9 Å². The number of thioether (sulfide) groups is 1. The van der Waals surface area contributed by atoms with Crippen LogP contribution in [0.4, 0.5) is 11.4 Å². The quantitative estimate of drug-likeness (QED) is 0.421. The van der Waals surface area contributed by atoms with Gasteiger partial charge < -0.3 is 5.32 Å². The van der Waals surface area contributed by atoms with Crippen molar-refractivity contribution in [2.24, 2.45) is 0 Å². The number of amides is 1. The largest absolute Gasteiger partial charge is 0.325 e. The van der Waals surface area contributed by atoms with Gasteiger partial charge in [-0.1, -0.05) is 24.3 Å². The highest BCUT2D eigenvalue weighted by Crippen LogP contribution is 2.30. The summed E-state index contributed by atoms with van der Waals surface area (Å²) in [4.78, 5) is 28.0. The molecule has 126 valence electrons. The first kappa shape index (κ1) is 16.9. The molecule has 0 aliphatic heterocycles. The van der Waals surface area contributed by atoms with Crippen molar-refractivity contribution in [3.05, 3.63) is 70.9 Å². The van der Waals surface area contributed by atoms with Crippen LogP contribution >= 0.6 is 11.8 Å². The fraction of sp³-hybridized carbons (Fsp3) is 0.111. The Balaban J connectivity index is 1.74. The summed E-state index contributed by atoms with van der Waals surface area (Å²) in [6.07, 6.45) is 1.72. The highest BCUT2D eigenvalue weighted by Gasteiger charge is 2.17. The molecule has 0 saturated heterocycles. The van der Waals surface area contributed by atoms with Gasteiger partial charge in [0.05, 0.1) is 15.7 Å². The number of hydrogen-bond donors (Lipinski definition) is 1. The Hall–Kier alpha value is -2.93. The fourth-order valence-corrected chi connectivity index (χ4v) is 3.34. The number of nitro benzene ring substituents is 1. The van der Waals surface area contributed by atoms with E-state index in [0.29, 0.717) is 5.69 Å². The van der Waals surface area contributed by atoms with Crippen LogP contribution in [-0.4, -0.2) is 21.1 Å². The zero-order valence-corrected chi connectivity index (χ0v) is 14.2. The third-order valence-corrected chi connectivity index (χ3v) is 4.74. The number of non-ortho nitro benzene ring substituents is 1. The minimum absolute atomic E-state index is 0.0589. The third-order valence-electron chi connectivity index (χ3n) is 3.59. The molecule has 0 bridgehead atoms. The Morgan fingerprint density at radius 1 is 1.20 bits per heavy atom. The van der Waals surface area contributed by atoms with Gasteiger partial charge in [-0.15, -0.1) is 11.8 Å². The zero-order valence-electron chi connectivity index (χ0n) is 13.4. The molecule has 3 rings (SSSR count). The number of hydrogen-bond acceptors (Lipinski definition) is 5. The summed E-state index contributed by atoms with van der Waals surface area (Å²) in [5.74, 6) is -0.224. The van der Waals surface area contributed by atoms with E-state index in [4.69, 9.17) is 0 Å². The molecule has 2 aromatic carbocycles. The van der Waals surface area contributed by atoms with Gasteiger partial charge in [-0.25, -0.2) is 0 Å². The molecule has 7 heteroatoms. The van der Waals surface area contributed by atoms with Crippen LogP contribution in [0.5, 0.6) is 0 Å². The van der Waals surface area contributed by atoms with E-state index in [-0.39, 0.29) is 16.8 Å². The van der Waals surface area contributed by atoms with Crippen LogP contribution in [0, 0.1) is 10.1 Å². The molecule has 0 spiro atoms. The molecule has 1 aromatic heterocycles. The van der Waals surface area contributed by atoms with Gasteiger partial charge in [0, 0.05) is 34.3 Å². The summed E-state index contributed by atoms with van der Waals surface area (Å²) in [5, 5.41) is 14.2. The molecule has 0 aliphatic rings. The molecule has 1 unspecified atom stereocenters. The third kappa shape index (κ3) is 3.95. The van der Waals surface area contributed by atoms with Gasteiger partial charge in [-0.05, 0) is 25.1 Å². The predicted octanol–water partition coefficient (Wildman–Crippen LogP) is 4.26. The van der Waals surface area contributed by atoms with Crippen LogP contribution in [0.25, 0.3) is 10.9 Å². The van der Waals surface area contributed by atoms with E-state index in [1.165, 1.54) is 23.9 Å². The van der Waals surface area contributed by atoms with Crippen molar-refractivity contribution in [1.29, 1.82) is 0 Å². The number of aromatic nitrogens is 1. The van der Waals surface area contributed by atoms with E-state index in [2.05, 4.69) is 10.3 Å². The number of rotatable bonds is 5. The van der Waals surface area contributed by atoms with Gasteiger partial charge in [-0.3, -0.25) is 19.9 Å². The summed E-state index contributed by atoms with van der Waals surface area (Å²) >= 11 is 1.40. The van der Waals surface area contributed by atoms with Gasteiger partial charge in [-0.2, -0.15) is 0 Å². The Morgan fingerprint density at radius 2 is 1.96 bits per heavy atom. The lowest BCUT2D eigenvalue weighted by atomic mass is 10.2. The first-order chi connectivity index (χ1) is 12.0. The second-order valence-corrected chi connectivity index (χ2v) is 6.77. The molecule has 0 aliphatic carbocycles. The maximum atomic E-state index is 12.4. The number of nitrogens with zero attached hydrogens (tertiary/aromatic N) is 2. The fourth-order valence-electron chi connectivity index (χ4n) is 2.36. The topological polar surface area (TPSA) is 85.1 Å². The Kier molecular flexibility index (Phi) is 4.95. The van der Waals surface area contributed by atoms with Crippen LogP contribution in [0.3, 0.4) is 0 Å². The number of nitrogens with one attached hydrogen (secondary N) is 1. The van der Waals surface area contributed by atoms with E-state index in [1.807, 2.05) is 30.3 Å². The van der Waals surface area contributed by atoms with Crippen LogP contribution in [0.2, 0.25) is 0 Å². The summed E-state index contributed by atoms with van der Waals surface area (Å²) < 4.78 is 0. The molecular weight excluding hydrogens is 338 g/mol. The number of carbonyl (C=O) groups excluding carboxylic acids is 1. The van der Waals surface area contributed by atoms with Crippen molar-refractivity contribution in [2.75, 3.05) is 5.32 Å². The minimum atomic E-state index is -0.490. The van der Waals surface area contributed by atoms with Crippen molar-refractivity contribution in [1.82, 2.24) is 4.98 Å². The molecule has 25 heavy (non-hydrogen) atoms. The lowest BCUT2D eigenvalue weighted by Crippen LogP contribution is -2.22. The smallest absolute Gasteiger partial charge is 0.271 e. The maximum absolute atomic E-state index is 12.4. The molecule has 0 saturated carbocycles.